The zero-order valence-corrected chi connectivity index (χ0v) is 10.1. The van der Waals surface area contributed by atoms with Gasteiger partial charge in [-0.2, -0.15) is 0 Å². The van der Waals surface area contributed by atoms with E-state index in [-0.39, 0.29) is 5.91 Å². The van der Waals surface area contributed by atoms with Gasteiger partial charge in [0.25, 0.3) is 5.91 Å². The lowest BCUT2D eigenvalue weighted by molar-refractivity contribution is 0.0610. The van der Waals surface area contributed by atoms with Crippen LogP contribution in [-0.2, 0) is 0 Å². The van der Waals surface area contributed by atoms with E-state index in [1.807, 2.05) is 17.9 Å². The van der Waals surface area contributed by atoms with Crippen molar-refractivity contribution in [1.82, 2.24) is 10.2 Å². The van der Waals surface area contributed by atoms with E-state index < -0.39 is 0 Å². The first-order chi connectivity index (χ1) is 8.25. The molecular weight excluding hydrogens is 216 g/mol. The Balaban J connectivity index is 1.73. The van der Waals surface area contributed by atoms with Gasteiger partial charge in [-0.3, -0.25) is 4.79 Å². The van der Waals surface area contributed by atoms with Crippen molar-refractivity contribution in [3.63, 3.8) is 0 Å². The smallest absolute Gasteiger partial charge is 0.289 e. The van der Waals surface area contributed by atoms with Crippen LogP contribution < -0.4 is 5.32 Å². The second-order valence-electron chi connectivity index (χ2n) is 5.15. The number of piperidine rings is 1. The highest BCUT2D eigenvalue weighted by Crippen LogP contribution is 2.27. The fourth-order valence-electron chi connectivity index (χ4n) is 2.95. The molecule has 0 spiro atoms. The standard InChI is InChI=1S/C13H18N2O2/c1-9-3-5-17-12(9)13(16)15-4-2-10-6-14-7-11(10)8-15/h3,5,10-11,14H,2,4,6-8H2,1H3. The van der Waals surface area contributed by atoms with Gasteiger partial charge in [-0.15, -0.1) is 0 Å². The van der Waals surface area contributed by atoms with E-state index in [2.05, 4.69) is 5.32 Å². The number of nitrogens with one attached hydrogen (secondary N) is 1. The Morgan fingerprint density at radius 2 is 2.29 bits per heavy atom. The van der Waals surface area contributed by atoms with Crippen LogP contribution in [0.1, 0.15) is 22.5 Å². The minimum Gasteiger partial charge on any atom is -0.459 e. The summed E-state index contributed by atoms with van der Waals surface area (Å²) < 4.78 is 5.28. The average Bonchev–Trinajstić information content (AvgIpc) is 2.95. The highest BCUT2D eigenvalue weighted by Gasteiger charge is 2.35. The van der Waals surface area contributed by atoms with Crippen LogP contribution in [0, 0.1) is 18.8 Å². The summed E-state index contributed by atoms with van der Waals surface area (Å²) >= 11 is 0. The topological polar surface area (TPSA) is 45.5 Å². The van der Waals surface area contributed by atoms with Gasteiger partial charge in [0.1, 0.15) is 0 Å². The Bertz CT molecular complexity index is 427. The predicted octanol–water partition coefficient (Wildman–Crippen LogP) is 1.27. The number of carbonyl (C=O) groups is 1. The Morgan fingerprint density at radius 3 is 3.06 bits per heavy atom. The zero-order valence-electron chi connectivity index (χ0n) is 10.1. The molecule has 0 aliphatic carbocycles. The van der Waals surface area contributed by atoms with Crippen LogP contribution in [0.4, 0.5) is 0 Å². The molecule has 2 saturated heterocycles. The van der Waals surface area contributed by atoms with E-state index in [1.165, 1.54) is 0 Å². The molecule has 4 nitrogen and oxygen atoms in total. The van der Waals surface area contributed by atoms with Crippen LogP contribution in [0.3, 0.4) is 0 Å². The molecule has 3 heterocycles. The van der Waals surface area contributed by atoms with E-state index in [9.17, 15) is 4.79 Å². The van der Waals surface area contributed by atoms with E-state index in [0.717, 1.165) is 44.1 Å². The van der Waals surface area contributed by atoms with Crippen molar-refractivity contribution in [3.05, 3.63) is 23.7 Å². The lowest BCUT2D eigenvalue weighted by Gasteiger charge is -2.34. The van der Waals surface area contributed by atoms with Crippen molar-refractivity contribution in [2.45, 2.75) is 13.3 Å². The molecule has 2 atom stereocenters. The van der Waals surface area contributed by atoms with E-state index in [0.29, 0.717) is 11.7 Å². The molecule has 2 fully saturated rings. The lowest BCUT2D eigenvalue weighted by atomic mass is 9.88. The molecule has 1 aromatic rings. The van der Waals surface area contributed by atoms with Crippen LogP contribution >= 0.6 is 0 Å². The van der Waals surface area contributed by atoms with E-state index in [4.69, 9.17) is 4.42 Å². The second kappa shape index (κ2) is 4.18. The number of hydrogen-bond donors (Lipinski definition) is 1. The number of rotatable bonds is 1. The number of amides is 1. The third-order valence-electron chi connectivity index (χ3n) is 4.05. The van der Waals surface area contributed by atoms with E-state index in [1.54, 1.807) is 6.26 Å². The van der Waals surface area contributed by atoms with Crippen LogP contribution in [-0.4, -0.2) is 37.0 Å². The molecule has 1 aromatic heterocycles. The lowest BCUT2D eigenvalue weighted by Crippen LogP contribution is -2.43. The monoisotopic (exact) mass is 234 g/mol. The molecule has 0 saturated carbocycles. The largest absolute Gasteiger partial charge is 0.459 e. The highest BCUT2D eigenvalue weighted by atomic mass is 16.3. The number of nitrogens with zero attached hydrogens (tertiary/aromatic N) is 1. The maximum Gasteiger partial charge on any atom is 0.289 e. The number of carbonyl (C=O) groups excluding carboxylic acids is 1. The summed E-state index contributed by atoms with van der Waals surface area (Å²) in [5, 5.41) is 3.41. The van der Waals surface area contributed by atoms with Gasteiger partial charge in [0.05, 0.1) is 6.26 Å². The minimum absolute atomic E-state index is 0.0536. The average molecular weight is 234 g/mol. The van der Waals surface area contributed by atoms with Crippen LogP contribution in [0.5, 0.6) is 0 Å². The third-order valence-corrected chi connectivity index (χ3v) is 4.05. The number of aryl methyl sites for hydroxylation is 1. The number of hydrogen-bond acceptors (Lipinski definition) is 3. The Labute approximate surface area is 101 Å². The molecule has 17 heavy (non-hydrogen) atoms. The highest BCUT2D eigenvalue weighted by molar-refractivity contribution is 5.92. The summed E-state index contributed by atoms with van der Waals surface area (Å²) in [6.45, 7) is 5.82. The first-order valence-corrected chi connectivity index (χ1v) is 6.30. The van der Waals surface area contributed by atoms with Gasteiger partial charge in [0.15, 0.2) is 5.76 Å². The molecule has 92 valence electrons. The third kappa shape index (κ3) is 1.86. The summed E-state index contributed by atoms with van der Waals surface area (Å²) in [6.07, 6.45) is 2.70. The van der Waals surface area contributed by atoms with Crippen molar-refractivity contribution >= 4 is 5.91 Å². The quantitative estimate of drug-likeness (QED) is 0.796. The minimum atomic E-state index is 0.0536. The van der Waals surface area contributed by atoms with Gasteiger partial charge in [0.2, 0.25) is 0 Å². The fraction of sp³-hybridized carbons (Fsp3) is 0.615. The maximum absolute atomic E-state index is 12.3. The van der Waals surface area contributed by atoms with Gasteiger partial charge in [0, 0.05) is 18.7 Å². The number of likely N-dealkylation sites (tertiary alicyclic amines) is 1. The van der Waals surface area contributed by atoms with Crippen molar-refractivity contribution in [2.24, 2.45) is 11.8 Å². The second-order valence-corrected chi connectivity index (χ2v) is 5.15. The van der Waals surface area contributed by atoms with Gasteiger partial charge >= 0.3 is 0 Å². The predicted molar refractivity (Wildman–Crippen MR) is 63.8 cm³/mol. The first kappa shape index (κ1) is 10.8. The van der Waals surface area contributed by atoms with Crippen LogP contribution in [0.15, 0.2) is 16.7 Å². The molecule has 2 aliphatic heterocycles. The van der Waals surface area contributed by atoms with Gasteiger partial charge < -0.3 is 14.6 Å². The Morgan fingerprint density at radius 1 is 1.47 bits per heavy atom. The summed E-state index contributed by atoms with van der Waals surface area (Å²) in [5.41, 5.74) is 0.932. The molecule has 2 aliphatic rings. The van der Waals surface area contributed by atoms with Crippen molar-refractivity contribution < 1.29 is 9.21 Å². The summed E-state index contributed by atoms with van der Waals surface area (Å²) in [7, 11) is 0. The summed E-state index contributed by atoms with van der Waals surface area (Å²) in [4.78, 5) is 14.2. The number of fused-ring (bicyclic) bond motifs is 1. The van der Waals surface area contributed by atoms with Crippen molar-refractivity contribution in [3.8, 4) is 0 Å². The summed E-state index contributed by atoms with van der Waals surface area (Å²) in [5.74, 6) is 1.95. The van der Waals surface area contributed by atoms with E-state index >= 15 is 0 Å². The SMILES string of the molecule is Cc1ccoc1C(=O)N1CCC2CNCC2C1. The molecule has 2 unspecified atom stereocenters. The Hall–Kier alpha value is -1.29. The molecule has 4 heteroatoms. The van der Waals surface area contributed by atoms with Crippen LogP contribution in [0.2, 0.25) is 0 Å². The molecule has 1 amide bonds. The molecule has 0 bridgehead atoms. The number of furan rings is 1. The molecule has 0 aromatic carbocycles. The summed E-state index contributed by atoms with van der Waals surface area (Å²) in [6, 6.07) is 1.84. The van der Waals surface area contributed by atoms with Gasteiger partial charge in [-0.05, 0) is 44.3 Å². The fourth-order valence-corrected chi connectivity index (χ4v) is 2.95. The molecule has 0 radical (unpaired) electrons. The molecule has 1 N–H and O–H groups in total. The normalized spacial score (nSPS) is 28.2. The van der Waals surface area contributed by atoms with Crippen LogP contribution in [0.25, 0.3) is 0 Å². The molecule has 3 rings (SSSR count). The zero-order chi connectivity index (χ0) is 11.8. The first-order valence-electron chi connectivity index (χ1n) is 6.30. The molecular formula is C13H18N2O2. The van der Waals surface area contributed by atoms with Crippen molar-refractivity contribution in [1.29, 1.82) is 0 Å². The Kier molecular flexibility index (Phi) is 2.67. The maximum atomic E-state index is 12.3. The van der Waals surface area contributed by atoms with Gasteiger partial charge in [-0.1, -0.05) is 0 Å². The van der Waals surface area contributed by atoms with Gasteiger partial charge in [-0.25, -0.2) is 0 Å². The van der Waals surface area contributed by atoms with Crippen molar-refractivity contribution in [2.75, 3.05) is 26.2 Å².